The molecule has 2 aromatic carbocycles. The van der Waals surface area contributed by atoms with Crippen LogP contribution in [0.3, 0.4) is 0 Å². The second kappa shape index (κ2) is 11.5. The van der Waals surface area contributed by atoms with E-state index in [1.807, 2.05) is 0 Å². The first-order valence-electron chi connectivity index (χ1n) is 10.9. The van der Waals surface area contributed by atoms with Gasteiger partial charge in [-0.15, -0.1) is 0 Å². The zero-order valence-electron chi connectivity index (χ0n) is 19.2. The predicted octanol–water partition coefficient (Wildman–Crippen LogP) is 3.70. The van der Waals surface area contributed by atoms with Crippen LogP contribution in [-0.2, 0) is 4.74 Å². The van der Waals surface area contributed by atoms with Gasteiger partial charge >= 0.3 is 0 Å². The maximum Gasteiger partial charge on any atom is 0.257 e. The molecule has 1 aliphatic rings. The normalized spacial score (nSPS) is 18.7. The standard InChI is InChI=1S/C24H31ClFN3O4/c1-28(24(30)18-13-19(25)20(27)14-22(18)31-2)21-9-11-29(15-23(21)32-3)10-4-12-33-17-7-5-16(26)6-8-17/h5-8,13-14,21,23H,4,9-12,15,27H2,1-3H3/t21-,23-/m0/s1. The van der Waals surface area contributed by atoms with E-state index < -0.39 is 0 Å². The highest BCUT2D eigenvalue weighted by molar-refractivity contribution is 6.33. The number of hydrogen-bond donors (Lipinski definition) is 1. The summed E-state index contributed by atoms with van der Waals surface area (Å²) in [6, 6.07) is 9.04. The number of hydrogen-bond acceptors (Lipinski definition) is 6. The molecule has 0 saturated carbocycles. The first-order valence-corrected chi connectivity index (χ1v) is 11.3. The lowest BCUT2D eigenvalue weighted by molar-refractivity contribution is -0.0260. The molecule has 1 heterocycles. The van der Waals surface area contributed by atoms with Crippen LogP contribution in [-0.4, -0.2) is 75.4 Å². The molecule has 180 valence electrons. The van der Waals surface area contributed by atoms with Crippen LogP contribution >= 0.6 is 11.6 Å². The Hall–Kier alpha value is -2.55. The molecule has 3 rings (SSSR count). The Kier molecular flexibility index (Phi) is 8.77. The number of likely N-dealkylation sites (N-methyl/N-ethyl adjacent to an activating group) is 1. The van der Waals surface area contributed by atoms with Gasteiger partial charge in [0.25, 0.3) is 5.91 Å². The number of nitrogens with two attached hydrogens (primary N) is 1. The topological polar surface area (TPSA) is 77.3 Å². The number of carbonyl (C=O) groups excluding carboxylic acids is 1. The Bertz CT molecular complexity index is 944. The monoisotopic (exact) mass is 479 g/mol. The number of methoxy groups -OCH3 is 2. The Morgan fingerprint density at radius 1 is 1.27 bits per heavy atom. The van der Waals surface area contributed by atoms with Crippen LogP contribution in [0.1, 0.15) is 23.2 Å². The Balaban J connectivity index is 1.55. The lowest BCUT2D eigenvalue weighted by Crippen LogP contribution is -2.55. The molecule has 1 saturated heterocycles. The molecule has 33 heavy (non-hydrogen) atoms. The van der Waals surface area contributed by atoms with Crippen LogP contribution in [0.2, 0.25) is 5.02 Å². The fourth-order valence-electron chi connectivity index (χ4n) is 4.10. The quantitative estimate of drug-likeness (QED) is 0.436. The maximum atomic E-state index is 13.2. The number of carbonyl (C=O) groups is 1. The third-order valence-corrected chi connectivity index (χ3v) is 6.31. The van der Waals surface area contributed by atoms with E-state index in [9.17, 15) is 9.18 Å². The van der Waals surface area contributed by atoms with Crippen molar-refractivity contribution in [3.63, 3.8) is 0 Å². The minimum atomic E-state index is -0.280. The van der Waals surface area contributed by atoms with Crippen LogP contribution in [0.25, 0.3) is 0 Å². The first-order chi connectivity index (χ1) is 15.8. The van der Waals surface area contributed by atoms with Gasteiger partial charge in [-0.2, -0.15) is 0 Å². The molecule has 0 radical (unpaired) electrons. The number of anilines is 1. The lowest BCUT2D eigenvalue weighted by atomic mass is 9.99. The summed E-state index contributed by atoms with van der Waals surface area (Å²) < 4.78 is 29.7. The van der Waals surface area contributed by atoms with Crippen LogP contribution in [0.5, 0.6) is 11.5 Å². The van der Waals surface area contributed by atoms with E-state index in [4.69, 9.17) is 31.5 Å². The van der Waals surface area contributed by atoms with Gasteiger partial charge in [-0.05, 0) is 43.2 Å². The Labute approximate surface area is 199 Å². The number of rotatable bonds is 9. The largest absolute Gasteiger partial charge is 0.496 e. The molecule has 2 aromatic rings. The molecule has 1 fully saturated rings. The zero-order valence-corrected chi connectivity index (χ0v) is 20.0. The van der Waals surface area contributed by atoms with Crippen LogP contribution in [0, 0.1) is 5.82 Å². The van der Waals surface area contributed by atoms with Gasteiger partial charge in [0, 0.05) is 39.9 Å². The van der Waals surface area contributed by atoms with Gasteiger partial charge in [0.1, 0.15) is 17.3 Å². The number of halogens is 2. The highest BCUT2D eigenvalue weighted by Gasteiger charge is 2.35. The molecule has 0 bridgehead atoms. The smallest absolute Gasteiger partial charge is 0.257 e. The van der Waals surface area contributed by atoms with Gasteiger partial charge < -0.3 is 29.7 Å². The van der Waals surface area contributed by atoms with Crippen LogP contribution in [0.15, 0.2) is 36.4 Å². The highest BCUT2D eigenvalue weighted by Crippen LogP contribution is 2.31. The molecule has 0 unspecified atom stereocenters. The number of piperidine rings is 1. The summed E-state index contributed by atoms with van der Waals surface area (Å²) in [5, 5.41) is 0.313. The van der Waals surface area contributed by atoms with Gasteiger partial charge in [-0.1, -0.05) is 11.6 Å². The molecular formula is C24H31ClFN3O4. The molecular weight excluding hydrogens is 449 g/mol. The number of likely N-dealkylation sites (tertiary alicyclic amines) is 1. The number of benzene rings is 2. The van der Waals surface area contributed by atoms with E-state index in [-0.39, 0.29) is 23.9 Å². The summed E-state index contributed by atoms with van der Waals surface area (Å²) in [4.78, 5) is 17.2. The number of nitrogens with zero attached hydrogens (tertiary/aromatic N) is 2. The second-order valence-electron chi connectivity index (χ2n) is 8.08. The number of nitrogen functional groups attached to an aromatic ring is 1. The molecule has 1 amide bonds. The SMILES string of the molecule is COc1cc(N)c(Cl)cc1C(=O)N(C)[C@H]1CCN(CCCOc2ccc(F)cc2)C[C@@H]1OC. The lowest BCUT2D eigenvalue weighted by Gasteiger charge is -2.42. The van der Waals surface area contributed by atoms with Crippen molar-refractivity contribution in [3.05, 3.63) is 52.8 Å². The van der Waals surface area contributed by atoms with E-state index in [2.05, 4.69) is 4.90 Å². The Morgan fingerprint density at radius 2 is 2.00 bits per heavy atom. The average Bonchev–Trinajstić information content (AvgIpc) is 2.83. The van der Waals surface area contributed by atoms with Crippen molar-refractivity contribution < 1.29 is 23.4 Å². The molecule has 7 nitrogen and oxygen atoms in total. The maximum absolute atomic E-state index is 13.2. The van der Waals surface area contributed by atoms with Crippen molar-refractivity contribution in [3.8, 4) is 11.5 Å². The average molecular weight is 480 g/mol. The van der Waals surface area contributed by atoms with Gasteiger partial charge in [0.15, 0.2) is 0 Å². The minimum absolute atomic E-state index is 0.0877. The Morgan fingerprint density at radius 3 is 2.67 bits per heavy atom. The van der Waals surface area contributed by atoms with E-state index in [1.54, 1.807) is 43.3 Å². The highest BCUT2D eigenvalue weighted by atomic mass is 35.5. The van der Waals surface area contributed by atoms with Crippen molar-refractivity contribution in [2.45, 2.75) is 25.0 Å². The van der Waals surface area contributed by atoms with Gasteiger partial charge in [0.05, 0.1) is 42.1 Å². The van der Waals surface area contributed by atoms with Crippen molar-refractivity contribution >= 4 is 23.2 Å². The van der Waals surface area contributed by atoms with Crippen molar-refractivity contribution in [1.29, 1.82) is 0 Å². The first kappa shape index (κ1) is 25.1. The molecule has 0 spiro atoms. The number of amides is 1. The van der Waals surface area contributed by atoms with Crippen LogP contribution < -0.4 is 15.2 Å². The molecule has 2 atom stereocenters. The number of ether oxygens (including phenoxy) is 3. The predicted molar refractivity (Wildman–Crippen MR) is 127 cm³/mol. The summed E-state index contributed by atoms with van der Waals surface area (Å²) in [6.07, 6.45) is 1.46. The van der Waals surface area contributed by atoms with Gasteiger partial charge in [-0.25, -0.2) is 4.39 Å². The van der Waals surface area contributed by atoms with Gasteiger partial charge in [0.2, 0.25) is 0 Å². The van der Waals surface area contributed by atoms with Crippen molar-refractivity contribution in [2.75, 3.05) is 53.2 Å². The molecule has 1 aliphatic heterocycles. The fraction of sp³-hybridized carbons (Fsp3) is 0.458. The van der Waals surface area contributed by atoms with Crippen molar-refractivity contribution in [2.24, 2.45) is 0 Å². The summed E-state index contributed by atoms with van der Waals surface area (Å²) in [5.74, 6) is 0.573. The van der Waals surface area contributed by atoms with Gasteiger partial charge in [-0.3, -0.25) is 4.79 Å². The van der Waals surface area contributed by atoms with Crippen LogP contribution in [0.4, 0.5) is 10.1 Å². The second-order valence-corrected chi connectivity index (χ2v) is 8.48. The molecule has 0 aliphatic carbocycles. The fourth-order valence-corrected chi connectivity index (χ4v) is 4.26. The summed E-state index contributed by atoms with van der Waals surface area (Å²) in [6.45, 7) is 2.92. The van der Waals surface area contributed by atoms with E-state index >= 15 is 0 Å². The van der Waals surface area contributed by atoms with E-state index in [0.717, 1.165) is 25.9 Å². The summed E-state index contributed by atoms with van der Waals surface area (Å²) >= 11 is 6.15. The summed E-state index contributed by atoms with van der Waals surface area (Å²) in [7, 11) is 4.93. The summed E-state index contributed by atoms with van der Waals surface area (Å²) in [5.41, 5.74) is 6.58. The van der Waals surface area contributed by atoms with E-state index in [1.165, 1.54) is 19.2 Å². The molecule has 9 heteroatoms. The molecule has 0 aromatic heterocycles. The third kappa shape index (κ3) is 6.28. The minimum Gasteiger partial charge on any atom is -0.496 e. The molecule has 2 N–H and O–H groups in total. The van der Waals surface area contributed by atoms with E-state index in [0.29, 0.717) is 40.9 Å². The third-order valence-electron chi connectivity index (χ3n) is 5.98. The zero-order chi connectivity index (χ0) is 24.0. The van der Waals surface area contributed by atoms with Crippen molar-refractivity contribution in [1.82, 2.24) is 9.80 Å².